The van der Waals surface area contributed by atoms with Crippen molar-refractivity contribution in [3.63, 3.8) is 0 Å². The molecule has 1 rings (SSSR count). The van der Waals surface area contributed by atoms with Crippen molar-refractivity contribution in [3.8, 4) is 11.5 Å². The Labute approximate surface area is 78.7 Å². The maximum Gasteiger partial charge on any atom is 0.174 e. The van der Waals surface area contributed by atoms with E-state index < -0.39 is 5.82 Å². The van der Waals surface area contributed by atoms with E-state index in [1.54, 1.807) is 0 Å². The minimum absolute atomic E-state index is 0.211. The van der Waals surface area contributed by atoms with E-state index in [9.17, 15) is 14.3 Å². The van der Waals surface area contributed by atoms with Gasteiger partial charge in [0.05, 0.1) is 17.7 Å². The number of phenols is 1. The molecule has 0 amide bonds. The minimum Gasteiger partial charge on any atom is -0.504 e. The molecule has 1 aromatic rings. The lowest BCUT2D eigenvalue weighted by Crippen LogP contribution is -1.95. The summed E-state index contributed by atoms with van der Waals surface area (Å²) in [4.78, 5) is 10.4. The van der Waals surface area contributed by atoms with Crippen LogP contribution in [0.2, 0.25) is 5.02 Å². The van der Waals surface area contributed by atoms with E-state index in [-0.39, 0.29) is 28.4 Å². The molecule has 1 aromatic carbocycles. The Morgan fingerprint density at radius 1 is 1.69 bits per heavy atom. The monoisotopic (exact) mass is 204 g/mol. The fourth-order valence-corrected chi connectivity index (χ4v) is 1.14. The molecular weight excluding hydrogens is 199 g/mol. The Morgan fingerprint density at radius 3 is 2.77 bits per heavy atom. The summed E-state index contributed by atoms with van der Waals surface area (Å²) < 4.78 is 17.7. The van der Waals surface area contributed by atoms with Gasteiger partial charge in [-0.15, -0.1) is 0 Å². The number of phenolic OH excluding ortho intramolecular Hbond substituents is 1. The standard InChI is InChI=1S/C8H6ClFO3/c1-13-8-4(3-11)7(10)5(9)2-6(8)12/h2-3,12H,1H3. The first-order chi connectivity index (χ1) is 6.11. The molecule has 0 aliphatic heterocycles. The average Bonchev–Trinajstić information content (AvgIpc) is 2.10. The van der Waals surface area contributed by atoms with Crippen molar-refractivity contribution in [3.05, 3.63) is 22.5 Å². The van der Waals surface area contributed by atoms with E-state index in [1.807, 2.05) is 0 Å². The number of carbonyl (C=O) groups excluding carboxylic acids is 1. The Kier molecular flexibility index (Phi) is 2.72. The normalized spacial score (nSPS) is 9.77. The van der Waals surface area contributed by atoms with E-state index in [2.05, 4.69) is 4.74 Å². The molecule has 3 nitrogen and oxygen atoms in total. The number of aromatic hydroxyl groups is 1. The van der Waals surface area contributed by atoms with Crippen LogP contribution < -0.4 is 4.74 Å². The quantitative estimate of drug-likeness (QED) is 0.750. The van der Waals surface area contributed by atoms with E-state index in [0.717, 1.165) is 6.07 Å². The van der Waals surface area contributed by atoms with E-state index in [4.69, 9.17) is 11.6 Å². The predicted octanol–water partition coefficient (Wildman–Crippen LogP) is 2.01. The maximum atomic E-state index is 13.1. The third-order valence-corrected chi connectivity index (χ3v) is 1.78. The summed E-state index contributed by atoms with van der Waals surface area (Å²) in [5.41, 5.74) is -0.382. The van der Waals surface area contributed by atoms with Gasteiger partial charge in [-0.3, -0.25) is 4.79 Å². The number of aldehydes is 1. The van der Waals surface area contributed by atoms with Crippen LogP contribution >= 0.6 is 11.6 Å². The van der Waals surface area contributed by atoms with E-state index >= 15 is 0 Å². The van der Waals surface area contributed by atoms with Crippen molar-refractivity contribution in [1.29, 1.82) is 0 Å². The molecule has 0 aliphatic rings. The highest BCUT2D eigenvalue weighted by Crippen LogP contribution is 2.35. The SMILES string of the molecule is COc1c(O)cc(Cl)c(F)c1C=O. The maximum absolute atomic E-state index is 13.1. The highest BCUT2D eigenvalue weighted by molar-refractivity contribution is 6.31. The molecule has 0 fully saturated rings. The van der Waals surface area contributed by atoms with Crippen molar-refractivity contribution < 1.29 is 19.0 Å². The van der Waals surface area contributed by atoms with Gasteiger partial charge in [0.15, 0.2) is 23.6 Å². The van der Waals surface area contributed by atoms with Crippen LogP contribution in [0.4, 0.5) is 4.39 Å². The zero-order valence-electron chi connectivity index (χ0n) is 6.67. The number of benzene rings is 1. The lowest BCUT2D eigenvalue weighted by molar-refractivity contribution is 0.111. The second kappa shape index (κ2) is 3.62. The first-order valence-electron chi connectivity index (χ1n) is 3.32. The van der Waals surface area contributed by atoms with Gasteiger partial charge in [-0.2, -0.15) is 0 Å². The highest BCUT2D eigenvalue weighted by atomic mass is 35.5. The number of hydrogen-bond donors (Lipinski definition) is 1. The summed E-state index contributed by atoms with van der Waals surface area (Å²) in [6.45, 7) is 0. The molecular formula is C8H6ClFO3. The van der Waals surface area contributed by atoms with Gasteiger partial charge in [0.25, 0.3) is 0 Å². The summed E-state index contributed by atoms with van der Waals surface area (Å²) in [6.07, 6.45) is 0.236. The van der Waals surface area contributed by atoms with Crippen molar-refractivity contribution in [2.24, 2.45) is 0 Å². The van der Waals surface area contributed by atoms with E-state index in [1.165, 1.54) is 7.11 Å². The summed E-state index contributed by atoms with van der Waals surface area (Å²) >= 11 is 5.38. The lowest BCUT2D eigenvalue weighted by atomic mass is 10.2. The number of methoxy groups -OCH3 is 1. The molecule has 0 aromatic heterocycles. The van der Waals surface area contributed by atoms with Crippen molar-refractivity contribution in [2.45, 2.75) is 0 Å². The molecule has 0 heterocycles. The molecule has 5 heteroatoms. The largest absolute Gasteiger partial charge is 0.504 e. The molecule has 0 bridgehead atoms. The van der Waals surface area contributed by atoms with Crippen LogP contribution in [-0.4, -0.2) is 18.5 Å². The lowest BCUT2D eigenvalue weighted by Gasteiger charge is -2.07. The van der Waals surface area contributed by atoms with Crippen LogP contribution in [0.1, 0.15) is 10.4 Å². The topological polar surface area (TPSA) is 46.5 Å². The molecule has 1 N–H and O–H groups in total. The van der Waals surface area contributed by atoms with Gasteiger partial charge in [0.2, 0.25) is 0 Å². The summed E-state index contributed by atoms with van der Waals surface area (Å²) in [6, 6.07) is 0.975. The molecule has 0 radical (unpaired) electrons. The van der Waals surface area contributed by atoms with Gasteiger partial charge >= 0.3 is 0 Å². The number of ether oxygens (including phenoxy) is 1. The van der Waals surface area contributed by atoms with Crippen LogP contribution in [-0.2, 0) is 0 Å². The van der Waals surface area contributed by atoms with Gasteiger partial charge in [0.1, 0.15) is 0 Å². The molecule has 0 atom stereocenters. The fourth-order valence-electron chi connectivity index (χ4n) is 0.935. The first kappa shape index (κ1) is 9.80. The molecule has 0 aliphatic carbocycles. The Hall–Kier alpha value is -1.29. The highest BCUT2D eigenvalue weighted by Gasteiger charge is 2.16. The Balaban J connectivity index is 3.50. The van der Waals surface area contributed by atoms with Crippen molar-refractivity contribution in [1.82, 2.24) is 0 Å². The van der Waals surface area contributed by atoms with Gasteiger partial charge in [-0.05, 0) is 0 Å². The van der Waals surface area contributed by atoms with Gasteiger partial charge in [-0.1, -0.05) is 11.6 Å². The van der Waals surface area contributed by atoms with E-state index in [0.29, 0.717) is 0 Å². The molecule has 0 unspecified atom stereocenters. The van der Waals surface area contributed by atoms with Crippen LogP contribution in [0.25, 0.3) is 0 Å². The minimum atomic E-state index is -0.897. The van der Waals surface area contributed by atoms with Crippen LogP contribution in [0.3, 0.4) is 0 Å². The molecule has 0 saturated carbocycles. The van der Waals surface area contributed by atoms with Crippen LogP contribution in [0.15, 0.2) is 6.07 Å². The molecule has 13 heavy (non-hydrogen) atoms. The smallest absolute Gasteiger partial charge is 0.174 e. The number of carbonyl (C=O) groups is 1. The van der Waals surface area contributed by atoms with Gasteiger partial charge in [-0.25, -0.2) is 4.39 Å². The second-order valence-corrected chi connectivity index (χ2v) is 2.66. The van der Waals surface area contributed by atoms with Crippen molar-refractivity contribution >= 4 is 17.9 Å². The van der Waals surface area contributed by atoms with Gasteiger partial charge in [0, 0.05) is 6.07 Å². The third kappa shape index (κ3) is 1.58. The first-order valence-corrected chi connectivity index (χ1v) is 3.69. The predicted molar refractivity (Wildman–Crippen MR) is 45.0 cm³/mol. The summed E-state index contributed by atoms with van der Waals surface area (Å²) in [7, 11) is 1.22. The van der Waals surface area contributed by atoms with Crippen molar-refractivity contribution in [2.75, 3.05) is 7.11 Å². The van der Waals surface area contributed by atoms with Crippen LogP contribution in [0.5, 0.6) is 11.5 Å². The Bertz CT molecular complexity index is 352. The molecule has 0 saturated heterocycles. The van der Waals surface area contributed by atoms with Gasteiger partial charge < -0.3 is 9.84 Å². The number of halogens is 2. The number of rotatable bonds is 2. The molecule has 0 spiro atoms. The molecule has 70 valence electrons. The zero-order valence-corrected chi connectivity index (χ0v) is 7.43. The Morgan fingerprint density at radius 2 is 2.31 bits per heavy atom. The summed E-state index contributed by atoms with van der Waals surface area (Å²) in [5, 5.41) is 8.87. The average molecular weight is 205 g/mol. The summed E-state index contributed by atoms with van der Waals surface area (Å²) in [5.74, 6) is -1.47. The van der Waals surface area contributed by atoms with Crippen LogP contribution in [0, 0.1) is 5.82 Å². The fraction of sp³-hybridized carbons (Fsp3) is 0.125. The third-order valence-electron chi connectivity index (χ3n) is 1.51. The zero-order chi connectivity index (χ0) is 10.0. The number of hydrogen-bond acceptors (Lipinski definition) is 3. The second-order valence-electron chi connectivity index (χ2n) is 2.26.